The molecule has 0 spiro atoms. The molecule has 0 saturated heterocycles. The molecule has 3 rings (SSSR count). The minimum atomic E-state index is -0.922. The molecule has 0 aliphatic rings. The van der Waals surface area contributed by atoms with Crippen molar-refractivity contribution in [1.29, 1.82) is 0 Å². The van der Waals surface area contributed by atoms with Crippen LogP contribution in [0.5, 0.6) is 0 Å². The van der Waals surface area contributed by atoms with Crippen molar-refractivity contribution in [3.05, 3.63) is 94.5 Å². The molecule has 5 nitrogen and oxygen atoms in total. The number of nitrogens with one attached hydrogen (secondary N) is 1. The van der Waals surface area contributed by atoms with Crippen molar-refractivity contribution in [2.75, 3.05) is 5.32 Å². The number of nitrogens with zero attached hydrogens (tertiary/aromatic N) is 3. The molecule has 1 N–H and O–H groups in total. The average Bonchev–Trinajstić information content (AvgIpc) is 2.68. The first-order chi connectivity index (χ1) is 13.5. The summed E-state index contributed by atoms with van der Waals surface area (Å²) in [6.07, 6.45) is 2.58. The molecule has 0 saturated carbocycles. The van der Waals surface area contributed by atoms with Crippen LogP contribution in [0.2, 0.25) is 0 Å². The van der Waals surface area contributed by atoms with Crippen LogP contribution in [0.1, 0.15) is 21.5 Å². The standard InChI is InChI=1S/C21H14F2N4O.Na/c1-13-5-6-14(12-25-27-24)11-17(13)15-7-9-16(10-8-15)26-21(28)20-18(22)3-2-4-19(20)23;/h2-11H,1H3,(H,26,28);/q-2;+1. The van der Waals surface area contributed by atoms with Gasteiger partial charge in [0.1, 0.15) is 17.2 Å². The van der Waals surface area contributed by atoms with E-state index in [2.05, 4.69) is 21.9 Å². The topological polar surface area (TPSA) is 76.1 Å². The van der Waals surface area contributed by atoms with Gasteiger partial charge in [-0.15, -0.1) is 6.07 Å². The second-order valence-corrected chi connectivity index (χ2v) is 5.96. The zero-order chi connectivity index (χ0) is 20.1. The third-order valence-electron chi connectivity index (χ3n) is 4.10. The van der Waals surface area contributed by atoms with E-state index in [0.29, 0.717) is 11.3 Å². The summed E-state index contributed by atoms with van der Waals surface area (Å²) >= 11 is 0. The smallest absolute Gasteiger partial charge is 0.427 e. The molecule has 0 aromatic heterocycles. The van der Waals surface area contributed by atoms with Gasteiger partial charge in [0.15, 0.2) is 0 Å². The summed E-state index contributed by atoms with van der Waals surface area (Å²) in [5.74, 6) is -2.71. The fourth-order valence-corrected chi connectivity index (χ4v) is 2.72. The number of aryl methyl sites for hydroxylation is 1. The van der Waals surface area contributed by atoms with Gasteiger partial charge in [-0.3, -0.25) is 10.0 Å². The first-order valence-corrected chi connectivity index (χ1v) is 8.26. The van der Waals surface area contributed by atoms with Gasteiger partial charge in [0, 0.05) is 5.69 Å². The molecule has 0 bridgehead atoms. The Balaban J connectivity index is 0.00000300. The molecule has 1 amide bonds. The van der Waals surface area contributed by atoms with Gasteiger partial charge in [0.2, 0.25) is 0 Å². The van der Waals surface area contributed by atoms with Gasteiger partial charge in [0.05, 0.1) is 0 Å². The van der Waals surface area contributed by atoms with Gasteiger partial charge >= 0.3 is 29.6 Å². The zero-order valence-electron chi connectivity index (χ0n) is 15.8. The molecule has 0 radical (unpaired) electrons. The number of carbonyl (C=O) groups excluding carboxylic acids is 1. The van der Waals surface area contributed by atoms with Crippen molar-refractivity contribution >= 4 is 17.8 Å². The number of halogens is 2. The minimum Gasteiger partial charge on any atom is -0.427 e. The Morgan fingerprint density at radius 2 is 1.69 bits per heavy atom. The van der Waals surface area contributed by atoms with Gasteiger partial charge in [0.25, 0.3) is 5.91 Å². The maximum Gasteiger partial charge on any atom is 1.00 e. The van der Waals surface area contributed by atoms with Crippen LogP contribution >= 0.6 is 0 Å². The molecule has 3 aromatic rings. The maximum atomic E-state index is 13.7. The largest absolute Gasteiger partial charge is 1.00 e. The molecule has 0 atom stereocenters. The third-order valence-corrected chi connectivity index (χ3v) is 4.10. The molecule has 0 fully saturated rings. The summed E-state index contributed by atoms with van der Waals surface area (Å²) in [7, 11) is 0. The minimum absolute atomic E-state index is 0. The number of carbonyl (C=O) groups is 1. The van der Waals surface area contributed by atoms with Crippen LogP contribution < -0.4 is 34.9 Å². The monoisotopic (exact) mass is 399 g/mol. The van der Waals surface area contributed by atoms with Crippen molar-refractivity contribution in [2.24, 2.45) is 10.3 Å². The molecule has 29 heavy (non-hydrogen) atoms. The Bertz CT molecular complexity index is 1050. The first-order valence-electron chi connectivity index (χ1n) is 8.26. The van der Waals surface area contributed by atoms with Gasteiger partial charge < -0.3 is 15.9 Å². The summed E-state index contributed by atoms with van der Waals surface area (Å²) in [6.45, 7) is 1.93. The van der Waals surface area contributed by atoms with E-state index in [1.54, 1.807) is 30.3 Å². The Morgan fingerprint density at radius 1 is 1.03 bits per heavy atom. The SMILES string of the molecule is Cc1ccc([C-]=NN=[N-])cc1-c1ccc(NC(=O)c2c(F)cccc2F)cc1.[Na+]. The van der Waals surface area contributed by atoms with Crippen LogP contribution in [-0.4, -0.2) is 12.1 Å². The predicted octanol–water partition coefficient (Wildman–Crippen LogP) is 2.43. The van der Waals surface area contributed by atoms with Crippen LogP contribution in [0, 0.1) is 18.6 Å². The van der Waals surface area contributed by atoms with E-state index < -0.39 is 23.1 Å². The first kappa shape index (κ1) is 22.5. The summed E-state index contributed by atoms with van der Waals surface area (Å²) in [5, 5.41) is 8.46. The van der Waals surface area contributed by atoms with E-state index in [4.69, 9.17) is 5.53 Å². The Morgan fingerprint density at radius 3 is 2.31 bits per heavy atom. The van der Waals surface area contributed by atoms with Gasteiger partial charge in [-0.1, -0.05) is 29.3 Å². The van der Waals surface area contributed by atoms with Crippen molar-refractivity contribution in [2.45, 2.75) is 6.92 Å². The summed E-state index contributed by atoms with van der Waals surface area (Å²) in [4.78, 5) is 12.2. The molecule has 0 heterocycles. The van der Waals surface area contributed by atoms with E-state index in [1.165, 1.54) is 6.07 Å². The molecule has 0 aliphatic heterocycles. The number of benzene rings is 3. The van der Waals surface area contributed by atoms with Gasteiger partial charge in [-0.25, -0.2) is 8.78 Å². The molecule has 0 unspecified atom stereocenters. The van der Waals surface area contributed by atoms with Gasteiger partial charge in [-0.2, -0.15) is 23.9 Å². The quantitative estimate of drug-likeness (QED) is 0.231. The van der Waals surface area contributed by atoms with Crippen molar-refractivity contribution in [3.63, 3.8) is 0 Å². The molecule has 0 aliphatic carbocycles. The van der Waals surface area contributed by atoms with E-state index in [0.717, 1.165) is 28.8 Å². The van der Waals surface area contributed by atoms with Crippen molar-refractivity contribution < 1.29 is 43.1 Å². The Hall–Kier alpha value is -2.74. The second kappa shape index (κ2) is 10.2. The Kier molecular flexibility index (Phi) is 7.90. The fourth-order valence-electron chi connectivity index (χ4n) is 2.72. The van der Waals surface area contributed by atoms with Crippen LogP contribution in [-0.2, 0) is 0 Å². The Labute approximate surface area is 188 Å². The normalized spacial score (nSPS) is 10.4. The van der Waals surface area contributed by atoms with E-state index in [1.807, 2.05) is 19.1 Å². The molecular weight excluding hydrogens is 385 g/mol. The second-order valence-electron chi connectivity index (χ2n) is 5.96. The molecule has 3 aromatic carbocycles. The third kappa shape index (κ3) is 5.41. The predicted molar refractivity (Wildman–Crippen MR) is 103 cm³/mol. The maximum absolute atomic E-state index is 13.7. The number of rotatable bonds is 5. The average molecular weight is 399 g/mol. The molecule has 8 heteroatoms. The van der Waals surface area contributed by atoms with Crippen molar-refractivity contribution in [3.8, 4) is 11.1 Å². The van der Waals surface area contributed by atoms with Gasteiger partial charge in [-0.05, 0) is 36.8 Å². The zero-order valence-corrected chi connectivity index (χ0v) is 17.8. The van der Waals surface area contributed by atoms with Crippen LogP contribution in [0.15, 0.2) is 71.0 Å². The summed E-state index contributed by atoms with van der Waals surface area (Å²) < 4.78 is 27.4. The van der Waals surface area contributed by atoms with E-state index >= 15 is 0 Å². The number of amides is 1. The summed E-state index contributed by atoms with van der Waals surface area (Å²) in [6, 6.07) is 15.6. The molecule has 140 valence electrons. The summed E-state index contributed by atoms with van der Waals surface area (Å²) in [5.41, 5.74) is 11.6. The number of hydrogen-bond donors (Lipinski definition) is 1. The van der Waals surface area contributed by atoms with E-state index in [9.17, 15) is 13.6 Å². The molecular formula is C21H14F2N4NaO-. The van der Waals surface area contributed by atoms with Crippen molar-refractivity contribution in [1.82, 2.24) is 0 Å². The van der Waals surface area contributed by atoms with Crippen LogP contribution in [0.25, 0.3) is 16.7 Å². The van der Waals surface area contributed by atoms with Crippen LogP contribution in [0.3, 0.4) is 0 Å². The number of hydrogen-bond acceptors (Lipinski definition) is 2. The van der Waals surface area contributed by atoms with E-state index in [-0.39, 0.29) is 29.6 Å². The fraction of sp³-hybridized carbons (Fsp3) is 0.0476. The van der Waals surface area contributed by atoms with Crippen LogP contribution in [0.4, 0.5) is 14.5 Å². The number of anilines is 1.